The normalized spacial score (nSPS) is 29.9. The molecule has 0 spiro atoms. The van der Waals surface area contributed by atoms with Crippen molar-refractivity contribution in [3.05, 3.63) is 100 Å². The van der Waals surface area contributed by atoms with Gasteiger partial charge >= 0.3 is 17.8 Å². The van der Waals surface area contributed by atoms with Crippen molar-refractivity contribution in [2.75, 3.05) is 7.11 Å². The average molecular weight is 565 g/mol. The zero-order chi connectivity index (χ0) is 27.3. The number of thioether (sulfide) groups is 2. The largest absolute Gasteiger partial charge is 0.497 e. The van der Waals surface area contributed by atoms with Crippen LogP contribution in [-0.2, 0) is 4.79 Å². The van der Waals surface area contributed by atoms with E-state index in [4.69, 9.17) is 4.74 Å². The monoisotopic (exact) mass is 564 g/mol. The molecule has 2 nitrogen and oxygen atoms in total. The Morgan fingerprint density at radius 2 is 1.26 bits per heavy atom. The molecule has 1 saturated carbocycles. The molecular weight excluding hydrogens is 546 g/mol. The Morgan fingerprint density at radius 3 is 1.84 bits per heavy atom. The standard InChI is InChI=1S/C28H18F6O2S2/c1-24-18(12-20(37-24)15-6-4-3-5-7-15)22-23(27(31,32)28(33,34)26(22,29)30)19-13-21(38-25(19,24)14-35)16-8-10-17(36-2)11-9-16/h3-14H,1-2H3/t24-,25-/m1/s1. The van der Waals surface area contributed by atoms with Crippen LogP contribution in [-0.4, -0.2) is 40.7 Å². The van der Waals surface area contributed by atoms with Gasteiger partial charge in [-0.1, -0.05) is 42.5 Å². The average Bonchev–Trinajstić information content (AvgIpc) is 3.50. The first kappa shape index (κ1) is 25.4. The van der Waals surface area contributed by atoms with Crippen molar-refractivity contribution in [1.82, 2.24) is 0 Å². The van der Waals surface area contributed by atoms with Crippen molar-refractivity contribution in [2.24, 2.45) is 0 Å². The number of carbonyl (C=O) groups is 1. The molecule has 2 atom stereocenters. The van der Waals surface area contributed by atoms with Crippen molar-refractivity contribution in [3.63, 3.8) is 0 Å². The Labute approximate surface area is 222 Å². The third-order valence-electron chi connectivity index (χ3n) is 7.56. The molecule has 4 aliphatic rings. The lowest BCUT2D eigenvalue weighted by molar-refractivity contribution is -0.258. The summed E-state index contributed by atoms with van der Waals surface area (Å²) in [7, 11) is 1.47. The molecule has 0 bridgehead atoms. The van der Waals surface area contributed by atoms with E-state index in [1.165, 1.54) is 26.2 Å². The second-order valence-electron chi connectivity index (χ2n) is 9.50. The lowest BCUT2D eigenvalue weighted by atomic mass is 9.71. The SMILES string of the molecule is COc1ccc(C2=CC3=C4C(=C5C=C(c6ccccc6)S[C@@]5(C)[C@]3(C=O)S2)C(F)(F)C(F)(F)C4(F)F)cc1. The molecule has 0 unspecified atom stereocenters. The number of hydrogen-bond acceptors (Lipinski definition) is 4. The number of methoxy groups -OCH3 is 1. The molecule has 2 aromatic carbocycles. The van der Waals surface area contributed by atoms with Crippen LogP contribution in [0.1, 0.15) is 18.1 Å². The van der Waals surface area contributed by atoms with Crippen LogP contribution in [0.2, 0.25) is 0 Å². The first-order valence-electron chi connectivity index (χ1n) is 11.5. The number of ether oxygens (including phenoxy) is 1. The van der Waals surface area contributed by atoms with E-state index in [0.717, 1.165) is 23.5 Å². The van der Waals surface area contributed by atoms with Crippen LogP contribution in [0.5, 0.6) is 5.75 Å². The fourth-order valence-corrected chi connectivity index (χ4v) is 8.65. The van der Waals surface area contributed by atoms with Gasteiger partial charge in [-0.3, -0.25) is 0 Å². The van der Waals surface area contributed by atoms with Crippen molar-refractivity contribution >= 4 is 39.6 Å². The lowest BCUT2D eigenvalue weighted by Gasteiger charge is -2.45. The maximum atomic E-state index is 15.4. The van der Waals surface area contributed by atoms with Crippen LogP contribution >= 0.6 is 23.5 Å². The van der Waals surface area contributed by atoms with Gasteiger partial charge in [0, 0.05) is 21.0 Å². The second-order valence-corrected chi connectivity index (χ2v) is 12.3. The third-order valence-corrected chi connectivity index (χ3v) is 10.8. The van der Waals surface area contributed by atoms with Gasteiger partial charge in [0.1, 0.15) is 16.8 Å². The zero-order valence-electron chi connectivity index (χ0n) is 19.8. The number of halogens is 6. The molecule has 0 radical (unpaired) electrons. The van der Waals surface area contributed by atoms with E-state index in [2.05, 4.69) is 0 Å². The maximum Gasteiger partial charge on any atom is 0.380 e. The van der Waals surface area contributed by atoms with Gasteiger partial charge in [-0.25, -0.2) is 0 Å². The minimum absolute atomic E-state index is 0.326. The van der Waals surface area contributed by atoms with Gasteiger partial charge < -0.3 is 9.53 Å². The predicted octanol–water partition coefficient (Wildman–Crippen LogP) is 7.79. The topological polar surface area (TPSA) is 26.3 Å². The number of fused-ring (bicyclic) bond motifs is 4. The van der Waals surface area contributed by atoms with Gasteiger partial charge in [0.25, 0.3) is 0 Å². The summed E-state index contributed by atoms with van der Waals surface area (Å²) in [5, 5.41) is 0. The van der Waals surface area contributed by atoms with E-state index in [1.807, 2.05) is 0 Å². The molecule has 0 amide bonds. The summed E-state index contributed by atoms with van der Waals surface area (Å²) in [4.78, 5) is 13.7. The highest BCUT2D eigenvalue weighted by molar-refractivity contribution is 8.14. The summed E-state index contributed by atoms with van der Waals surface area (Å²) in [5.74, 6) is -15.5. The van der Waals surface area contributed by atoms with Crippen molar-refractivity contribution in [3.8, 4) is 5.75 Å². The van der Waals surface area contributed by atoms with Gasteiger partial charge in [0.05, 0.1) is 11.9 Å². The maximum absolute atomic E-state index is 15.4. The predicted molar refractivity (Wildman–Crippen MR) is 137 cm³/mol. The molecule has 2 aromatic rings. The van der Waals surface area contributed by atoms with E-state index in [1.54, 1.807) is 54.6 Å². The van der Waals surface area contributed by atoms with Crippen LogP contribution in [0.4, 0.5) is 26.3 Å². The second kappa shape index (κ2) is 7.85. The summed E-state index contributed by atoms with van der Waals surface area (Å²) in [6.45, 7) is 1.49. The van der Waals surface area contributed by atoms with E-state index in [9.17, 15) is 13.6 Å². The molecule has 38 heavy (non-hydrogen) atoms. The fraction of sp³-hybridized carbons (Fsp3) is 0.250. The number of hydrogen-bond donors (Lipinski definition) is 0. The first-order valence-corrected chi connectivity index (χ1v) is 13.1. The van der Waals surface area contributed by atoms with E-state index in [-0.39, 0.29) is 5.57 Å². The third kappa shape index (κ3) is 2.88. The summed E-state index contributed by atoms with van der Waals surface area (Å²) in [6.07, 6.45) is 2.88. The summed E-state index contributed by atoms with van der Waals surface area (Å²) >= 11 is 1.96. The van der Waals surface area contributed by atoms with Gasteiger partial charge in [0.2, 0.25) is 0 Å². The fourth-order valence-electron chi connectivity index (χ4n) is 5.54. The number of benzene rings is 2. The van der Waals surface area contributed by atoms with Gasteiger partial charge in [0.15, 0.2) is 0 Å². The van der Waals surface area contributed by atoms with Crippen LogP contribution in [0.15, 0.2) is 89.0 Å². The molecule has 0 saturated heterocycles. The smallest absolute Gasteiger partial charge is 0.380 e. The van der Waals surface area contributed by atoms with Gasteiger partial charge in [-0.15, -0.1) is 23.5 Å². The number of alkyl halides is 6. The molecule has 0 aromatic heterocycles. The highest BCUT2D eigenvalue weighted by Gasteiger charge is 2.84. The van der Waals surface area contributed by atoms with Crippen LogP contribution in [0, 0.1) is 0 Å². The molecule has 196 valence electrons. The molecule has 10 heteroatoms. The Bertz CT molecular complexity index is 1510. The van der Waals surface area contributed by atoms with Crippen LogP contribution in [0.25, 0.3) is 9.81 Å². The molecule has 2 heterocycles. The Morgan fingerprint density at radius 1 is 0.737 bits per heavy atom. The number of rotatable bonds is 4. The molecule has 0 N–H and O–H groups in total. The summed E-state index contributed by atoms with van der Waals surface area (Å²) < 4.78 is 93.0. The van der Waals surface area contributed by atoms with Gasteiger partial charge in [-0.2, -0.15) is 26.3 Å². The molecule has 2 aliphatic heterocycles. The Kier molecular flexibility index (Phi) is 5.25. The number of aldehydes is 1. The Balaban J connectivity index is 1.66. The number of allylic oxidation sites excluding steroid dienone is 4. The minimum atomic E-state index is -5.68. The molecule has 2 aliphatic carbocycles. The summed E-state index contributed by atoms with van der Waals surface area (Å²) in [5.41, 5.74) is -2.66. The van der Waals surface area contributed by atoms with Crippen LogP contribution < -0.4 is 4.74 Å². The molecule has 6 rings (SSSR count). The quantitative estimate of drug-likeness (QED) is 0.280. The van der Waals surface area contributed by atoms with E-state index in [0.29, 0.717) is 33.0 Å². The first-order chi connectivity index (χ1) is 17.9. The lowest BCUT2D eigenvalue weighted by Crippen LogP contribution is -2.52. The van der Waals surface area contributed by atoms with Crippen LogP contribution in [0.3, 0.4) is 0 Å². The summed E-state index contributed by atoms with van der Waals surface area (Å²) in [6, 6.07) is 15.1. The van der Waals surface area contributed by atoms with Crippen molar-refractivity contribution in [2.45, 2.75) is 34.2 Å². The highest BCUT2D eigenvalue weighted by Crippen LogP contribution is 2.74. The zero-order valence-corrected chi connectivity index (χ0v) is 21.5. The minimum Gasteiger partial charge on any atom is -0.497 e. The highest BCUT2D eigenvalue weighted by atomic mass is 32.2. The number of carbonyl (C=O) groups excluding carboxylic acids is 1. The van der Waals surface area contributed by atoms with E-state index < -0.39 is 44.0 Å². The molecular formula is C28H18F6O2S2. The van der Waals surface area contributed by atoms with E-state index >= 15 is 17.6 Å². The van der Waals surface area contributed by atoms with Crippen molar-refractivity contribution in [1.29, 1.82) is 0 Å². The van der Waals surface area contributed by atoms with Crippen molar-refractivity contribution < 1.29 is 35.9 Å². The Hall–Kier alpha value is -2.85. The molecule has 1 fully saturated rings. The van der Waals surface area contributed by atoms with Gasteiger partial charge in [-0.05, 0) is 53.5 Å².